The first kappa shape index (κ1) is 16.9. The molecule has 9 heteroatoms. The van der Waals surface area contributed by atoms with Gasteiger partial charge in [-0.05, 0) is 24.3 Å². The normalized spacial score (nSPS) is 27.8. The third kappa shape index (κ3) is 2.15. The van der Waals surface area contributed by atoms with Gasteiger partial charge in [0.25, 0.3) is 0 Å². The van der Waals surface area contributed by atoms with Crippen molar-refractivity contribution in [3.8, 4) is 17.6 Å². The quantitative estimate of drug-likeness (QED) is 0.864. The van der Waals surface area contributed by atoms with Crippen molar-refractivity contribution < 1.29 is 31.4 Å². The summed E-state index contributed by atoms with van der Waals surface area (Å²) in [5.74, 6) is -2.11. The van der Waals surface area contributed by atoms with Crippen LogP contribution in [0.4, 0.5) is 13.2 Å². The zero-order valence-corrected chi connectivity index (χ0v) is 13.7. The molecule has 0 radical (unpaired) electrons. The summed E-state index contributed by atoms with van der Waals surface area (Å²) < 4.78 is 72.1. The SMILES string of the molecule is N#Cc1cc(F)cc(Oc2ccc3c4c2C(F)C(F)C4(O)CS3(=O)=O)c1. The monoisotopic (exact) mass is 381 g/mol. The Morgan fingerprint density at radius 1 is 1.27 bits per heavy atom. The van der Waals surface area contributed by atoms with Crippen LogP contribution in [0.15, 0.2) is 35.2 Å². The molecule has 2 aliphatic rings. The number of alkyl halides is 2. The molecule has 0 bridgehead atoms. The number of nitrogens with zero attached hydrogens (tertiary/aromatic N) is 1. The third-order valence-electron chi connectivity index (χ3n) is 4.56. The van der Waals surface area contributed by atoms with Gasteiger partial charge in [-0.1, -0.05) is 0 Å². The van der Waals surface area contributed by atoms with Crippen molar-refractivity contribution in [3.63, 3.8) is 0 Å². The van der Waals surface area contributed by atoms with Gasteiger partial charge in [-0.25, -0.2) is 21.6 Å². The Kier molecular flexibility index (Phi) is 3.39. The molecule has 1 heterocycles. The Morgan fingerprint density at radius 3 is 2.69 bits per heavy atom. The lowest BCUT2D eigenvalue weighted by atomic mass is 9.97. The maximum absolute atomic E-state index is 14.5. The van der Waals surface area contributed by atoms with Crippen LogP contribution < -0.4 is 4.74 Å². The van der Waals surface area contributed by atoms with Crippen molar-refractivity contribution >= 4 is 9.84 Å². The molecule has 1 aliphatic carbocycles. The van der Waals surface area contributed by atoms with Crippen LogP contribution in [0.25, 0.3) is 0 Å². The summed E-state index contributed by atoms with van der Waals surface area (Å²) in [6.45, 7) is 0. The highest BCUT2D eigenvalue weighted by Gasteiger charge is 2.62. The Labute approximate surface area is 146 Å². The van der Waals surface area contributed by atoms with Crippen molar-refractivity contribution in [2.45, 2.75) is 22.8 Å². The molecule has 1 N–H and O–H groups in total. The largest absolute Gasteiger partial charge is 0.457 e. The molecule has 134 valence electrons. The molecular weight excluding hydrogens is 371 g/mol. The van der Waals surface area contributed by atoms with Crippen LogP contribution in [0.2, 0.25) is 0 Å². The van der Waals surface area contributed by atoms with E-state index in [1.807, 2.05) is 0 Å². The van der Waals surface area contributed by atoms with Crippen molar-refractivity contribution in [2.75, 3.05) is 5.75 Å². The predicted octanol–water partition coefficient (Wildman–Crippen LogP) is 2.83. The van der Waals surface area contributed by atoms with E-state index in [1.54, 1.807) is 6.07 Å². The second-order valence-electron chi connectivity index (χ2n) is 6.23. The molecule has 26 heavy (non-hydrogen) atoms. The fraction of sp³-hybridized carbons (Fsp3) is 0.235. The Hall–Kier alpha value is -2.57. The highest BCUT2D eigenvalue weighted by molar-refractivity contribution is 7.91. The van der Waals surface area contributed by atoms with Gasteiger partial charge in [0.05, 0.1) is 22.3 Å². The zero-order valence-electron chi connectivity index (χ0n) is 12.9. The number of nitriles is 1. The zero-order chi connectivity index (χ0) is 18.9. The van der Waals surface area contributed by atoms with Gasteiger partial charge < -0.3 is 9.84 Å². The average Bonchev–Trinajstić information content (AvgIpc) is 2.90. The third-order valence-corrected chi connectivity index (χ3v) is 6.39. The molecule has 1 aliphatic heterocycles. The summed E-state index contributed by atoms with van der Waals surface area (Å²) in [7, 11) is -3.96. The van der Waals surface area contributed by atoms with Gasteiger partial charge in [0.15, 0.2) is 22.2 Å². The molecular formula is C17H10F3NO4S. The molecule has 0 spiro atoms. The highest BCUT2D eigenvalue weighted by Crippen LogP contribution is 2.57. The topological polar surface area (TPSA) is 87.4 Å². The average molecular weight is 381 g/mol. The van der Waals surface area contributed by atoms with E-state index in [0.717, 1.165) is 24.3 Å². The van der Waals surface area contributed by atoms with E-state index in [4.69, 9.17) is 10.00 Å². The fourth-order valence-corrected chi connectivity index (χ4v) is 5.42. The van der Waals surface area contributed by atoms with E-state index in [9.17, 15) is 26.7 Å². The number of aliphatic hydroxyl groups is 1. The summed E-state index contributed by atoms with van der Waals surface area (Å²) in [6, 6.07) is 7.06. The molecule has 2 aromatic rings. The van der Waals surface area contributed by atoms with Gasteiger partial charge in [-0.2, -0.15) is 5.26 Å². The van der Waals surface area contributed by atoms with E-state index < -0.39 is 44.9 Å². The van der Waals surface area contributed by atoms with E-state index in [0.29, 0.717) is 0 Å². The minimum Gasteiger partial charge on any atom is -0.457 e. The van der Waals surface area contributed by atoms with Crippen molar-refractivity contribution in [2.24, 2.45) is 0 Å². The number of rotatable bonds is 2. The number of benzene rings is 2. The Bertz CT molecular complexity index is 1100. The number of halogens is 3. The molecule has 4 rings (SSSR count). The fourth-order valence-electron chi connectivity index (χ4n) is 3.51. The van der Waals surface area contributed by atoms with Gasteiger partial charge >= 0.3 is 0 Å². The minimum absolute atomic E-state index is 0.0446. The van der Waals surface area contributed by atoms with E-state index in [1.165, 1.54) is 6.07 Å². The lowest BCUT2D eigenvalue weighted by Gasteiger charge is -2.20. The second kappa shape index (κ2) is 5.22. The Balaban J connectivity index is 1.89. The molecule has 3 atom stereocenters. The van der Waals surface area contributed by atoms with Gasteiger partial charge in [0.2, 0.25) is 0 Å². The standard InChI is InChI=1S/C17H10F3NO4S/c18-9-3-8(6-21)4-10(5-9)25-11-1-2-12-14-13(11)15(19)16(20)17(14,22)7-26(12,23)24/h1-5,15-16,22H,7H2. The summed E-state index contributed by atoms with van der Waals surface area (Å²) in [4.78, 5) is -0.345. The van der Waals surface area contributed by atoms with Crippen molar-refractivity contribution in [1.29, 1.82) is 5.26 Å². The number of hydrogen-bond acceptors (Lipinski definition) is 5. The van der Waals surface area contributed by atoms with E-state index in [2.05, 4.69) is 0 Å². The van der Waals surface area contributed by atoms with Crippen molar-refractivity contribution in [1.82, 2.24) is 0 Å². The van der Waals surface area contributed by atoms with Crippen LogP contribution >= 0.6 is 0 Å². The number of sulfone groups is 1. The Morgan fingerprint density at radius 2 is 2.00 bits per heavy atom. The maximum atomic E-state index is 14.5. The number of hydrogen-bond donors (Lipinski definition) is 1. The molecule has 0 saturated heterocycles. The highest BCUT2D eigenvalue weighted by atomic mass is 32.2. The summed E-state index contributed by atoms with van der Waals surface area (Å²) >= 11 is 0. The smallest absolute Gasteiger partial charge is 0.182 e. The van der Waals surface area contributed by atoms with Gasteiger partial charge in [0, 0.05) is 17.2 Å². The van der Waals surface area contributed by atoms with E-state index in [-0.39, 0.29) is 27.5 Å². The molecule has 5 nitrogen and oxygen atoms in total. The van der Waals surface area contributed by atoms with E-state index >= 15 is 0 Å². The first-order valence-electron chi connectivity index (χ1n) is 7.46. The summed E-state index contributed by atoms with van der Waals surface area (Å²) in [5, 5.41) is 19.3. The van der Waals surface area contributed by atoms with Crippen LogP contribution in [0.1, 0.15) is 22.9 Å². The van der Waals surface area contributed by atoms with Crippen LogP contribution in [-0.4, -0.2) is 25.4 Å². The van der Waals surface area contributed by atoms with Crippen LogP contribution in [-0.2, 0) is 15.4 Å². The first-order valence-corrected chi connectivity index (χ1v) is 9.12. The van der Waals surface area contributed by atoms with Crippen LogP contribution in [0.5, 0.6) is 11.5 Å². The summed E-state index contributed by atoms with van der Waals surface area (Å²) in [5.41, 5.74) is -3.30. The van der Waals surface area contributed by atoms with Crippen molar-refractivity contribution in [3.05, 3.63) is 52.8 Å². The first-order chi connectivity index (χ1) is 12.2. The lowest BCUT2D eigenvalue weighted by molar-refractivity contribution is -0.0351. The van der Waals surface area contributed by atoms with Crippen LogP contribution in [0, 0.1) is 17.1 Å². The minimum atomic E-state index is -3.96. The summed E-state index contributed by atoms with van der Waals surface area (Å²) in [6.07, 6.45) is -4.77. The lowest BCUT2D eigenvalue weighted by Crippen LogP contribution is -2.36. The predicted molar refractivity (Wildman–Crippen MR) is 82.3 cm³/mol. The van der Waals surface area contributed by atoms with Gasteiger partial charge in [-0.15, -0.1) is 0 Å². The molecule has 3 unspecified atom stereocenters. The van der Waals surface area contributed by atoms with Gasteiger partial charge in [-0.3, -0.25) is 0 Å². The molecule has 2 aromatic carbocycles. The maximum Gasteiger partial charge on any atom is 0.182 e. The molecule has 0 amide bonds. The molecule has 0 aromatic heterocycles. The molecule has 0 saturated carbocycles. The molecule has 0 fully saturated rings. The second-order valence-corrected chi connectivity index (χ2v) is 8.18. The van der Waals surface area contributed by atoms with Crippen LogP contribution in [0.3, 0.4) is 0 Å². The number of ether oxygens (including phenoxy) is 1. The van der Waals surface area contributed by atoms with Gasteiger partial charge in [0.1, 0.15) is 22.9 Å².